The Morgan fingerprint density at radius 3 is 2.78 bits per heavy atom. The number of phenols is 1. The fourth-order valence-electron chi connectivity index (χ4n) is 2.25. The number of hydrogen-bond acceptors (Lipinski definition) is 2. The summed E-state index contributed by atoms with van der Waals surface area (Å²) < 4.78 is 0. The first-order valence-electron chi connectivity index (χ1n) is 6.40. The molecule has 0 aliphatic carbocycles. The van der Waals surface area contributed by atoms with Gasteiger partial charge in [-0.15, -0.1) is 6.58 Å². The summed E-state index contributed by atoms with van der Waals surface area (Å²) in [6.45, 7) is 6.82. The zero-order valence-corrected chi connectivity index (χ0v) is 11.9. The van der Waals surface area contributed by atoms with Crippen molar-refractivity contribution in [3.05, 3.63) is 40.9 Å². The molecule has 0 fully saturated rings. The van der Waals surface area contributed by atoms with E-state index in [0.717, 1.165) is 25.8 Å². The third kappa shape index (κ3) is 3.76. The molecule has 18 heavy (non-hydrogen) atoms. The molecular formula is C15H22ClNO. The molecule has 0 spiro atoms. The van der Waals surface area contributed by atoms with Crippen molar-refractivity contribution in [3.8, 4) is 5.75 Å². The third-order valence-electron chi connectivity index (χ3n) is 3.07. The van der Waals surface area contributed by atoms with Crippen LogP contribution < -0.4 is 5.32 Å². The summed E-state index contributed by atoms with van der Waals surface area (Å²) in [5, 5.41) is 13.4. The molecule has 1 rings (SSSR count). The van der Waals surface area contributed by atoms with Gasteiger partial charge < -0.3 is 10.4 Å². The van der Waals surface area contributed by atoms with Gasteiger partial charge in [0.05, 0.1) is 5.02 Å². The monoisotopic (exact) mass is 267 g/mol. The van der Waals surface area contributed by atoms with Crippen molar-refractivity contribution in [2.24, 2.45) is 0 Å². The molecule has 2 nitrogen and oxygen atoms in total. The van der Waals surface area contributed by atoms with Crippen LogP contribution >= 0.6 is 11.6 Å². The maximum atomic E-state index is 9.80. The number of benzene rings is 1. The Bertz CT molecular complexity index is 404. The number of aromatic hydroxyl groups is 1. The molecule has 0 amide bonds. The predicted octanol–water partition coefficient (Wildman–Crippen LogP) is 3.88. The van der Waals surface area contributed by atoms with Crippen LogP contribution in [0.3, 0.4) is 0 Å². The number of aryl methyl sites for hydroxylation is 1. The van der Waals surface area contributed by atoms with E-state index >= 15 is 0 Å². The Hall–Kier alpha value is -0.990. The molecule has 0 aromatic heterocycles. The smallest absolute Gasteiger partial charge is 0.134 e. The van der Waals surface area contributed by atoms with Gasteiger partial charge >= 0.3 is 0 Å². The van der Waals surface area contributed by atoms with Gasteiger partial charge in [0.2, 0.25) is 0 Å². The van der Waals surface area contributed by atoms with Crippen LogP contribution in [0.15, 0.2) is 24.8 Å². The quantitative estimate of drug-likeness (QED) is 0.735. The SMILES string of the molecule is C=CCC(CNC)c1cc(O)c(Cl)cc1CCC. The molecule has 1 aromatic carbocycles. The van der Waals surface area contributed by atoms with E-state index < -0.39 is 0 Å². The van der Waals surface area contributed by atoms with Gasteiger partial charge in [-0.3, -0.25) is 0 Å². The van der Waals surface area contributed by atoms with Gasteiger partial charge in [-0.1, -0.05) is 31.0 Å². The van der Waals surface area contributed by atoms with Gasteiger partial charge in [0.1, 0.15) is 5.75 Å². The highest BCUT2D eigenvalue weighted by atomic mass is 35.5. The van der Waals surface area contributed by atoms with E-state index in [0.29, 0.717) is 10.9 Å². The zero-order chi connectivity index (χ0) is 13.5. The highest BCUT2D eigenvalue weighted by molar-refractivity contribution is 6.32. The summed E-state index contributed by atoms with van der Waals surface area (Å²) in [6.07, 6.45) is 4.85. The summed E-state index contributed by atoms with van der Waals surface area (Å²) in [6, 6.07) is 3.69. The van der Waals surface area contributed by atoms with Gasteiger partial charge in [0.25, 0.3) is 0 Å². The van der Waals surface area contributed by atoms with Crippen molar-refractivity contribution >= 4 is 11.6 Å². The average Bonchev–Trinajstić information content (AvgIpc) is 2.34. The van der Waals surface area contributed by atoms with Crippen molar-refractivity contribution in [1.29, 1.82) is 0 Å². The third-order valence-corrected chi connectivity index (χ3v) is 3.37. The van der Waals surface area contributed by atoms with E-state index in [1.54, 1.807) is 6.07 Å². The Labute approximate surface area is 115 Å². The van der Waals surface area contributed by atoms with E-state index in [9.17, 15) is 5.11 Å². The molecule has 3 heteroatoms. The lowest BCUT2D eigenvalue weighted by atomic mass is 9.89. The lowest BCUT2D eigenvalue weighted by Gasteiger charge is -2.20. The summed E-state index contributed by atoms with van der Waals surface area (Å²) >= 11 is 5.99. The second-order valence-corrected chi connectivity index (χ2v) is 4.94. The number of nitrogens with one attached hydrogen (secondary N) is 1. The second-order valence-electron chi connectivity index (χ2n) is 4.53. The first-order chi connectivity index (χ1) is 8.63. The summed E-state index contributed by atoms with van der Waals surface area (Å²) in [4.78, 5) is 0. The molecule has 0 saturated carbocycles. The predicted molar refractivity (Wildman–Crippen MR) is 78.6 cm³/mol. The van der Waals surface area contributed by atoms with Crippen molar-refractivity contribution in [3.63, 3.8) is 0 Å². The average molecular weight is 268 g/mol. The molecule has 0 saturated heterocycles. The highest BCUT2D eigenvalue weighted by Crippen LogP contribution is 2.33. The summed E-state index contributed by atoms with van der Waals surface area (Å²) in [7, 11) is 1.94. The van der Waals surface area contributed by atoms with E-state index in [-0.39, 0.29) is 5.75 Å². The van der Waals surface area contributed by atoms with Crippen LogP contribution in [0.5, 0.6) is 5.75 Å². The molecule has 1 atom stereocenters. The van der Waals surface area contributed by atoms with Gasteiger partial charge in [0.15, 0.2) is 0 Å². The van der Waals surface area contributed by atoms with Gasteiger partial charge in [-0.25, -0.2) is 0 Å². The van der Waals surface area contributed by atoms with E-state index in [1.807, 2.05) is 19.2 Å². The Morgan fingerprint density at radius 2 is 2.22 bits per heavy atom. The maximum absolute atomic E-state index is 9.80. The molecule has 0 heterocycles. The molecule has 0 bridgehead atoms. The molecule has 100 valence electrons. The van der Waals surface area contributed by atoms with Crippen LogP contribution in [-0.2, 0) is 6.42 Å². The second kappa shape index (κ2) is 7.45. The molecule has 0 radical (unpaired) electrons. The first kappa shape index (κ1) is 15.1. The van der Waals surface area contributed by atoms with E-state index in [2.05, 4.69) is 18.8 Å². The lowest BCUT2D eigenvalue weighted by molar-refractivity contribution is 0.473. The minimum Gasteiger partial charge on any atom is -0.506 e. The van der Waals surface area contributed by atoms with Crippen LogP contribution in [0.25, 0.3) is 0 Å². The largest absolute Gasteiger partial charge is 0.506 e. The molecule has 1 unspecified atom stereocenters. The van der Waals surface area contributed by atoms with Crippen molar-refractivity contribution in [1.82, 2.24) is 5.32 Å². The molecular weight excluding hydrogens is 246 g/mol. The van der Waals surface area contributed by atoms with E-state index in [4.69, 9.17) is 11.6 Å². The van der Waals surface area contributed by atoms with Crippen LogP contribution in [0.4, 0.5) is 0 Å². The minimum absolute atomic E-state index is 0.164. The number of hydrogen-bond donors (Lipinski definition) is 2. The Morgan fingerprint density at radius 1 is 1.50 bits per heavy atom. The number of phenolic OH excluding ortho intramolecular Hbond substituents is 1. The van der Waals surface area contributed by atoms with Crippen LogP contribution in [0, 0.1) is 0 Å². The minimum atomic E-state index is 0.164. The maximum Gasteiger partial charge on any atom is 0.134 e. The zero-order valence-electron chi connectivity index (χ0n) is 11.2. The highest BCUT2D eigenvalue weighted by Gasteiger charge is 2.16. The topological polar surface area (TPSA) is 32.3 Å². The lowest BCUT2D eigenvalue weighted by Crippen LogP contribution is -2.18. The van der Waals surface area contributed by atoms with Gasteiger partial charge in [-0.05, 0) is 43.1 Å². The van der Waals surface area contributed by atoms with E-state index in [1.165, 1.54) is 11.1 Å². The summed E-state index contributed by atoms with van der Waals surface area (Å²) in [5.74, 6) is 0.494. The van der Waals surface area contributed by atoms with Crippen LogP contribution in [-0.4, -0.2) is 18.7 Å². The Kier molecular flexibility index (Phi) is 6.23. The molecule has 0 aliphatic rings. The Balaban J connectivity index is 3.16. The van der Waals surface area contributed by atoms with Crippen molar-refractivity contribution in [2.45, 2.75) is 32.1 Å². The standard InChI is InChI=1S/C15H22ClNO/c1-4-6-11-8-14(16)15(18)9-13(11)12(7-5-2)10-17-3/h5,8-9,12,17-18H,2,4,6-7,10H2,1,3H3. The molecule has 1 aromatic rings. The number of likely N-dealkylation sites (N-methyl/N-ethyl adjacent to an activating group) is 1. The molecule has 2 N–H and O–H groups in total. The number of rotatable bonds is 7. The van der Waals surface area contributed by atoms with Gasteiger partial charge in [0, 0.05) is 12.5 Å². The van der Waals surface area contributed by atoms with Crippen molar-refractivity contribution in [2.75, 3.05) is 13.6 Å². The van der Waals surface area contributed by atoms with Crippen LogP contribution in [0.1, 0.15) is 36.8 Å². The summed E-state index contributed by atoms with van der Waals surface area (Å²) in [5.41, 5.74) is 2.40. The number of halogens is 1. The fraction of sp³-hybridized carbons (Fsp3) is 0.467. The first-order valence-corrected chi connectivity index (χ1v) is 6.78. The normalized spacial score (nSPS) is 12.4. The fourth-order valence-corrected chi connectivity index (χ4v) is 2.44. The molecule has 0 aliphatic heterocycles. The number of allylic oxidation sites excluding steroid dienone is 1. The van der Waals surface area contributed by atoms with Crippen LogP contribution in [0.2, 0.25) is 5.02 Å². The van der Waals surface area contributed by atoms with Crippen molar-refractivity contribution < 1.29 is 5.11 Å². The van der Waals surface area contributed by atoms with Gasteiger partial charge in [-0.2, -0.15) is 0 Å².